The minimum Gasteiger partial charge on any atom is -0.465 e. The van der Waals surface area contributed by atoms with Crippen LogP contribution in [-0.2, 0) is 38.5 Å². The summed E-state index contributed by atoms with van der Waals surface area (Å²) in [6.45, 7) is 8.74. The van der Waals surface area contributed by atoms with Crippen molar-refractivity contribution in [2.24, 2.45) is 0 Å². The number of hydrogen-bond donors (Lipinski definition) is 1. The molecule has 0 aromatic rings. The molecule has 0 aliphatic rings. The normalized spacial score (nSPS) is 12.9. The Balaban J connectivity index is 4.73. The van der Waals surface area contributed by atoms with Gasteiger partial charge in [0.25, 0.3) is 5.09 Å². The molecular formula is C18H32N2O11S. The summed E-state index contributed by atoms with van der Waals surface area (Å²) in [7, 11) is -3.73. The van der Waals surface area contributed by atoms with Crippen LogP contribution in [0.4, 0.5) is 4.79 Å². The van der Waals surface area contributed by atoms with Gasteiger partial charge in [0.15, 0.2) is 9.84 Å². The number of nitrogens with one attached hydrogen (secondary N) is 1. The zero-order valence-corrected chi connectivity index (χ0v) is 20.0. The van der Waals surface area contributed by atoms with Crippen LogP contribution in [0.1, 0.15) is 54.4 Å². The number of nitrogens with zero attached hydrogens (tertiary/aromatic N) is 1. The van der Waals surface area contributed by atoms with Crippen LogP contribution in [0.5, 0.6) is 0 Å². The van der Waals surface area contributed by atoms with Crippen molar-refractivity contribution in [1.82, 2.24) is 5.32 Å². The molecule has 32 heavy (non-hydrogen) atoms. The molecular weight excluding hydrogens is 452 g/mol. The summed E-state index contributed by atoms with van der Waals surface area (Å²) in [5.41, 5.74) is -1.64. The van der Waals surface area contributed by atoms with Gasteiger partial charge in [0, 0.05) is 6.42 Å². The average molecular weight is 485 g/mol. The summed E-state index contributed by atoms with van der Waals surface area (Å²) < 4.78 is 38.6. The van der Waals surface area contributed by atoms with Crippen LogP contribution in [-0.4, -0.2) is 73.5 Å². The maximum atomic E-state index is 12.4. The third-order valence-corrected chi connectivity index (χ3v) is 4.85. The maximum absolute atomic E-state index is 12.4. The van der Waals surface area contributed by atoms with Crippen molar-refractivity contribution in [3.8, 4) is 0 Å². The van der Waals surface area contributed by atoms with Crippen LogP contribution in [0, 0.1) is 10.1 Å². The van der Waals surface area contributed by atoms with Gasteiger partial charge in [-0.1, -0.05) is 0 Å². The van der Waals surface area contributed by atoms with E-state index in [0.29, 0.717) is 0 Å². The predicted octanol–water partition coefficient (Wildman–Crippen LogP) is 1.17. The fourth-order valence-electron chi connectivity index (χ4n) is 2.03. The third-order valence-electron chi connectivity index (χ3n) is 3.27. The topological polar surface area (TPSA) is 177 Å². The minimum atomic E-state index is -3.73. The van der Waals surface area contributed by atoms with E-state index in [1.807, 2.05) is 0 Å². The lowest BCUT2D eigenvalue weighted by Crippen LogP contribution is -2.46. The van der Waals surface area contributed by atoms with Gasteiger partial charge in [0.2, 0.25) is 0 Å². The van der Waals surface area contributed by atoms with Crippen LogP contribution < -0.4 is 5.32 Å². The van der Waals surface area contributed by atoms with E-state index in [-0.39, 0.29) is 12.8 Å². The van der Waals surface area contributed by atoms with Crippen LogP contribution >= 0.6 is 0 Å². The van der Waals surface area contributed by atoms with E-state index in [1.165, 1.54) is 0 Å². The molecule has 1 amide bonds. The predicted molar refractivity (Wildman–Crippen MR) is 111 cm³/mol. The van der Waals surface area contributed by atoms with Crippen molar-refractivity contribution >= 4 is 27.9 Å². The van der Waals surface area contributed by atoms with E-state index in [0.717, 1.165) is 0 Å². The monoisotopic (exact) mass is 484 g/mol. The Labute approximate surface area is 187 Å². The van der Waals surface area contributed by atoms with Gasteiger partial charge < -0.3 is 24.4 Å². The summed E-state index contributed by atoms with van der Waals surface area (Å²) in [4.78, 5) is 50.3. The number of esters is 2. The summed E-state index contributed by atoms with van der Waals surface area (Å²) in [5.74, 6) is -2.73. The number of carbonyl (C=O) groups is 3. The molecule has 0 aliphatic carbocycles. The van der Waals surface area contributed by atoms with Gasteiger partial charge in [-0.05, 0) is 48.0 Å². The number of carbonyl (C=O) groups excluding carboxylic acids is 3. The highest BCUT2D eigenvalue weighted by Crippen LogP contribution is 2.13. The van der Waals surface area contributed by atoms with Gasteiger partial charge in [-0.15, -0.1) is 10.1 Å². The van der Waals surface area contributed by atoms with Crippen LogP contribution in [0.25, 0.3) is 0 Å². The number of ether oxygens (including phenoxy) is 3. The number of alkyl carbamates (subject to hydrolysis) is 1. The maximum Gasteiger partial charge on any atom is 0.408 e. The average Bonchev–Trinajstić information content (AvgIpc) is 2.54. The van der Waals surface area contributed by atoms with Crippen LogP contribution in [0.15, 0.2) is 0 Å². The van der Waals surface area contributed by atoms with Gasteiger partial charge >= 0.3 is 18.0 Å². The van der Waals surface area contributed by atoms with Gasteiger partial charge in [-0.3, -0.25) is 4.79 Å². The van der Waals surface area contributed by atoms with Crippen molar-refractivity contribution in [2.75, 3.05) is 24.7 Å². The molecule has 0 aromatic carbocycles. The molecule has 1 N–H and O–H groups in total. The highest BCUT2D eigenvalue weighted by Gasteiger charge is 2.29. The van der Waals surface area contributed by atoms with Gasteiger partial charge in [0.05, 0.1) is 11.5 Å². The lowest BCUT2D eigenvalue weighted by atomic mass is 10.1. The first-order valence-electron chi connectivity index (χ1n) is 9.76. The molecule has 0 aromatic heterocycles. The molecule has 0 saturated carbocycles. The first-order valence-corrected chi connectivity index (χ1v) is 11.6. The fraction of sp³-hybridized carbons (Fsp3) is 0.833. The Hall–Kier alpha value is -2.64. The minimum absolute atomic E-state index is 0.170. The lowest BCUT2D eigenvalue weighted by Gasteiger charge is -2.26. The molecule has 0 heterocycles. The van der Waals surface area contributed by atoms with E-state index in [9.17, 15) is 32.9 Å². The zero-order chi connectivity index (χ0) is 25.2. The van der Waals surface area contributed by atoms with E-state index < -0.39 is 74.9 Å². The van der Waals surface area contributed by atoms with Gasteiger partial charge in [-0.2, -0.15) is 0 Å². The first kappa shape index (κ1) is 29.4. The van der Waals surface area contributed by atoms with E-state index in [1.54, 1.807) is 41.5 Å². The molecule has 0 saturated heterocycles. The Bertz CT molecular complexity index is 767. The van der Waals surface area contributed by atoms with E-state index in [4.69, 9.17) is 14.2 Å². The number of sulfone groups is 1. The molecule has 14 heteroatoms. The van der Waals surface area contributed by atoms with Gasteiger partial charge in [0.1, 0.15) is 30.5 Å². The zero-order valence-electron chi connectivity index (χ0n) is 19.2. The number of rotatable bonds is 12. The van der Waals surface area contributed by atoms with Crippen LogP contribution in [0.3, 0.4) is 0 Å². The van der Waals surface area contributed by atoms with Crippen LogP contribution in [0.2, 0.25) is 0 Å². The first-order chi connectivity index (χ1) is 14.4. The highest BCUT2D eigenvalue weighted by molar-refractivity contribution is 7.91. The van der Waals surface area contributed by atoms with E-state index >= 15 is 0 Å². The Morgan fingerprint density at radius 1 is 0.969 bits per heavy atom. The summed E-state index contributed by atoms with van der Waals surface area (Å²) in [6.07, 6.45) is -1.36. The third kappa shape index (κ3) is 16.1. The second-order valence-corrected chi connectivity index (χ2v) is 11.0. The molecule has 0 aliphatic heterocycles. The lowest BCUT2D eigenvalue weighted by molar-refractivity contribution is -0.756. The molecule has 186 valence electrons. The second kappa shape index (κ2) is 12.4. The Morgan fingerprint density at radius 3 is 2.00 bits per heavy atom. The van der Waals surface area contributed by atoms with Crippen molar-refractivity contribution in [3.05, 3.63) is 10.1 Å². The van der Waals surface area contributed by atoms with E-state index in [2.05, 4.69) is 10.2 Å². The molecule has 0 unspecified atom stereocenters. The number of amides is 1. The molecule has 0 fully saturated rings. The highest BCUT2D eigenvalue weighted by atomic mass is 32.2. The van der Waals surface area contributed by atoms with Gasteiger partial charge in [-0.25, -0.2) is 18.0 Å². The summed E-state index contributed by atoms with van der Waals surface area (Å²) in [5, 5.41) is 11.3. The fourth-order valence-corrected chi connectivity index (χ4v) is 2.90. The molecule has 1 atom stereocenters. The van der Waals surface area contributed by atoms with Crippen molar-refractivity contribution in [3.63, 3.8) is 0 Å². The van der Waals surface area contributed by atoms with Crippen molar-refractivity contribution in [1.29, 1.82) is 0 Å². The molecule has 0 radical (unpaired) electrons. The SMILES string of the molecule is CC(C)(C)OC(=O)N[C@@H](CCC(=O)OCCS(=O)(=O)CCO[N+](=O)[O-])C(=O)OC(C)(C)C. The quantitative estimate of drug-likeness (QED) is 0.182. The second-order valence-electron chi connectivity index (χ2n) is 8.70. The summed E-state index contributed by atoms with van der Waals surface area (Å²) in [6, 6.07) is -1.19. The molecule has 0 bridgehead atoms. The number of hydrogen-bond acceptors (Lipinski definition) is 11. The van der Waals surface area contributed by atoms with Crippen molar-refractivity contribution in [2.45, 2.75) is 71.6 Å². The molecule has 0 rings (SSSR count). The molecule has 0 spiro atoms. The molecule has 13 nitrogen and oxygen atoms in total. The Morgan fingerprint density at radius 2 is 1.50 bits per heavy atom. The largest absolute Gasteiger partial charge is 0.465 e. The standard InChI is InChI=1S/C18H32N2O11S/c1-17(2,3)30-15(22)13(19-16(23)31-18(4,5)6)7-8-14(21)28-9-11-32(26,27)12-10-29-20(24)25/h13H,7-12H2,1-6H3,(H,19,23)/t13-/m0/s1. The van der Waals surface area contributed by atoms with Crippen molar-refractivity contribution < 1.29 is 46.9 Å². The Kier molecular flexibility index (Phi) is 11.4. The smallest absolute Gasteiger partial charge is 0.408 e. The summed E-state index contributed by atoms with van der Waals surface area (Å²) >= 11 is 0.